The Balaban J connectivity index is 1.40. The van der Waals surface area contributed by atoms with E-state index in [-0.39, 0.29) is 5.92 Å². The molecule has 2 aromatic carbocycles. The van der Waals surface area contributed by atoms with E-state index in [4.69, 9.17) is 14.8 Å². The van der Waals surface area contributed by atoms with Crippen molar-refractivity contribution >= 4 is 5.97 Å². The lowest BCUT2D eigenvalue weighted by atomic mass is 10.0. The van der Waals surface area contributed by atoms with Crippen LogP contribution in [0.1, 0.15) is 23.7 Å². The summed E-state index contributed by atoms with van der Waals surface area (Å²) < 4.78 is 5.87. The molecule has 1 aliphatic heterocycles. The number of carboxylic acid groups (broad SMARTS) is 1. The number of nitrogens with zero attached hydrogens (tertiary/aromatic N) is 2. The fraction of sp³-hybridized carbons (Fsp3) is 0.280. The highest BCUT2D eigenvalue weighted by Gasteiger charge is 2.22. The normalized spacial score (nSPS) is 14.7. The maximum Gasteiger partial charge on any atom is 0.307 e. The molecule has 0 saturated heterocycles. The predicted molar refractivity (Wildman–Crippen MR) is 116 cm³/mol. The van der Waals surface area contributed by atoms with Gasteiger partial charge in [-0.05, 0) is 41.5 Å². The minimum Gasteiger partial charge on any atom is -0.489 e. The average Bonchev–Trinajstić information content (AvgIpc) is 2.78. The van der Waals surface area contributed by atoms with E-state index in [1.54, 1.807) is 6.92 Å². The van der Waals surface area contributed by atoms with Crippen LogP contribution in [-0.4, -0.2) is 34.0 Å². The monoisotopic (exact) mass is 402 g/mol. The number of pyridine rings is 1. The lowest BCUT2D eigenvalue weighted by Gasteiger charge is -2.29. The molecule has 0 amide bonds. The lowest BCUT2D eigenvalue weighted by molar-refractivity contribution is -0.141. The first kappa shape index (κ1) is 20.1. The third-order valence-corrected chi connectivity index (χ3v) is 5.48. The summed E-state index contributed by atoms with van der Waals surface area (Å²) in [5, 5.41) is 9.13. The average molecular weight is 402 g/mol. The zero-order chi connectivity index (χ0) is 20.9. The number of benzene rings is 2. The summed E-state index contributed by atoms with van der Waals surface area (Å²) in [6.45, 7) is 4.47. The van der Waals surface area contributed by atoms with Crippen molar-refractivity contribution in [2.24, 2.45) is 5.92 Å². The molecule has 0 aliphatic carbocycles. The molecule has 3 aromatic rings. The van der Waals surface area contributed by atoms with E-state index in [0.717, 1.165) is 47.8 Å². The van der Waals surface area contributed by atoms with Crippen LogP contribution in [0.15, 0.2) is 66.7 Å². The lowest BCUT2D eigenvalue weighted by Crippen LogP contribution is -2.36. The molecule has 0 spiro atoms. The maximum absolute atomic E-state index is 11.1. The molecule has 1 N–H and O–H groups in total. The van der Waals surface area contributed by atoms with Crippen LogP contribution >= 0.6 is 0 Å². The van der Waals surface area contributed by atoms with Crippen LogP contribution < -0.4 is 4.74 Å². The number of ether oxygens (including phenoxy) is 1. The topological polar surface area (TPSA) is 62.7 Å². The van der Waals surface area contributed by atoms with Gasteiger partial charge in [0.15, 0.2) is 0 Å². The fourth-order valence-electron chi connectivity index (χ4n) is 3.72. The molecule has 0 fully saturated rings. The maximum atomic E-state index is 11.1. The van der Waals surface area contributed by atoms with Crippen LogP contribution in [0.25, 0.3) is 11.3 Å². The zero-order valence-electron chi connectivity index (χ0n) is 17.1. The highest BCUT2D eigenvalue weighted by molar-refractivity contribution is 5.69. The van der Waals surface area contributed by atoms with Crippen molar-refractivity contribution in [1.82, 2.24) is 9.88 Å². The Morgan fingerprint density at radius 2 is 1.87 bits per heavy atom. The summed E-state index contributed by atoms with van der Waals surface area (Å²) in [6.07, 6.45) is 0.841. The summed E-state index contributed by atoms with van der Waals surface area (Å²) in [6, 6.07) is 22.3. The summed E-state index contributed by atoms with van der Waals surface area (Å²) in [4.78, 5) is 18.2. The highest BCUT2D eigenvalue weighted by Crippen LogP contribution is 2.25. The van der Waals surface area contributed by atoms with Crippen molar-refractivity contribution in [3.8, 4) is 17.0 Å². The first-order valence-electron chi connectivity index (χ1n) is 10.3. The van der Waals surface area contributed by atoms with Gasteiger partial charge in [-0.25, -0.2) is 0 Å². The van der Waals surface area contributed by atoms with E-state index >= 15 is 0 Å². The third-order valence-electron chi connectivity index (χ3n) is 5.48. The zero-order valence-corrected chi connectivity index (χ0v) is 17.1. The van der Waals surface area contributed by atoms with Crippen molar-refractivity contribution < 1.29 is 14.6 Å². The Morgan fingerprint density at radius 1 is 1.10 bits per heavy atom. The number of hydrogen-bond acceptors (Lipinski definition) is 4. The molecule has 1 unspecified atom stereocenters. The van der Waals surface area contributed by atoms with Gasteiger partial charge in [-0.15, -0.1) is 0 Å². The van der Waals surface area contributed by atoms with Crippen molar-refractivity contribution in [3.63, 3.8) is 0 Å². The van der Waals surface area contributed by atoms with Crippen LogP contribution in [0, 0.1) is 5.92 Å². The van der Waals surface area contributed by atoms with E-state index in [1.807, 2.05) is 48.5 Å². The van der Waals surface area contributed by atoms with Gasteiger partial charge < -0.3 is 9.84 Å². The fourth-order valence-corrected chi connectivity index (χ4v) is 3.72. The van der Waals surface area contributed by atoms with Gasteiger partial charge in [-0.3, -0.25) is 14.7 Å². The van der Waals surface area contributed by atoms with Gasteiger partial charge in [0.25, 0.3) is 0 Å². The van der Waals surface area contributed by atoms with E-state index in [1.165, 1.54) is 5.56 Å². The van der Waals surface area contributed by atoms with Crippen LogP contribution in [-0.2, 0) is 24.4 Å². The van der Waals surface area contributed by atoms with Crippen molar-refractivity contribution in [1.29, 1.82) is 0 Å². The van der Waals surface area contributed by atoms with E-state index < -0.39 is 5.97 Å². The van der Waals surface area contributed by atoms with Crippen LogP contribution in [0.5, 0.6) is 5.75 Å². The number of aliphatic carboxylic acids is 1. The van der Waals surface area contributed by atoms with Gasteiger partial charge in [0.05, 0.1) is 11.6 Å². The Hall–Kier alpha value is -3.18. The summed E-state index contributed by atoms with van der Waals surface area (Å²) in [5.41, 5.74) is 5.45. The van der Waals surface area contributed by atoms with E-state index in [2.05, 4.69) is 23.1 Å². The van der Waals surface area contributed by atoms with Crippen molar-refractivity contribution in [2.45, 2.75) is 26.5 Å². The third kappa shape index (κ3) is 4.86. The molecule has 5 nitrogen and oxygen atoms in total. The molecule has 0 saturated carbocycles. The SMILES string of the molecule is CC(CN1CCc2nc(-c3ccc(OCc4ccccc4)cc3)ccc2C1)C(=O)O. The molecule has 30 heavy (non-hydrogen) atoms. The quantitative estimate of drug-likeness (QED) is 0.634. The molecule has 4 rings (SSSR count). The van der Waals surface area contributed by atoms with Gasteiger partial charge in [0, 0.05) is 37.3 Å². The predicted octanol–water partition coefficient (Wildman–Crippen LogP) is 4.41. The number of hydrogen-bond donors (Lipinski definition) is 1. The Bertz CT molecular complexity index is 1000. The number of fused-ring (bicyclic) bond motifs is 1. The molecule has 2 heterocycles. The van der Waals surface area contributed by atoms with Gasteiger partial charge in [-0.1, -0.05) is 43.3 Å². The second kappa shape index (κ2) is 9.09. The summed E-state index contributed by atoms with van der Waals surface area (Å²) >= 11 is 0. The highest BCUT2D eigenvalue weighted by atomic mass is 16.5. The van der Waals surface area contributed by atoms with Crippen LogP contribution in [0.4, 0.5) is 0 Å². The largest absolute Gasteiger partial charge is 0.489 e. The van der Waals surface area contributed by atoms with Gasteiger partial charge >= 0.3 is 5.97 Å². The Labute approximate surface area is 177 Å². The van der Waals surface area contributed by atoms with Gasteiger partial charge in [0.1, 0.15) is 12.4 Å². The van der Waals surface area contributed by atoms with Crippen molar-refractivity contribution in [2.75, 3.05) is 13.1 Å². The molecule has 1 atom stereocenters. The molecule has 0 bridgehead atoms. The molecular weight excluding hydrogens is 376 g/mol. The number of carboxylic acids is 1. The minimum absolute atomic E-state index is 0.360. The second-order valence-electron chi connectivity index (χ2n) is 7.83. The Morgan fingerprint density at radius 3 is 2.60 bits per heavy atom. The number of rotatable bonds is 7. The van der Waals surface area contributed by atoms with Gasteiger partial charge in [-0.2, -0.15) is 0 Å². The number of carbonyl (C=O) groups is 1. The van der Waals surface area contributed by atoms with Crippen molar-refractivity contribution in [3.05, 3.63) is 83.6 Å². The van der Waals surface area contributed by atoms with E-state index in [9.17, 15) is 4.79 Å². The first-order valence-corrected chi connectivity index (χ1v) is 10.3. The standard InChI is InChI=1S/C25H26N2O3/c1-18(25(28)29)15-27-14-13-24-21(16-27)9-12-23(26-24)20-7-10-22(11-8-20)30-17-19-5-3-2-4-6-19/h2-12,18H,13-17H2,1H3,(H,28,29). The molecule has 1 aliphatic rings. The van der Waals surface area contributed by atoms with Crippen LogP contribution in [0.3, 0.4) is 0 Å². The molecule has 0 radical (unpaired) electrons. The molecule has 5 heteroatoms. The molecular formula is C25H26N2O3. The first-order chi connectivity index (χ1) is 14.6. The second-order valence-corrected chi connectivity index (χ2v) is 7.83. The number of aromatic nitrogens is 1. The summed E-state index contributed by atoms with van der Waals surface area (Å²) in [5.74, 6) is -0.268. The summed E-state index contributed by atoms with van der Waals surface area (Å²) in [7, 11) is 0. The smallest absolute Gasteiger partial charge is 0.307 e. The molecule has 154 valence electrons. The Kier molecular flexibility index (Phi) is 6.10. The molecule has 1 aromatic heterocycles. The minimum atomic E-state index is -0.745. The van der Waals surface area contributed by atoms with E-state index in [0.29, 0.717) is 13.2 Å². The van der Waals surface area contributed by atoms with Gasteiger partial charge in [0.2, 0.25) is 0 Å². The van der Waals surface area contributed by atoms with Crippen LogP contribution in [0.2, 0.25) is 0 Å².